The van der Waals surface area contributed by atoms with E-state index in [9.17, 15) is 18.9 Å². The number of nitro benzene ring substituents is 1. The van der Waals surface area contributed by atoms with E-state index in [0.717, 1.165) is 0 Å². The maximum Gasteiger partial charge on any atom is 0.292 e. The van der Waals surface area contributed by atoms with Crippen LogP contribution in [0.3, 0.4) is 0 Å². The van der Waals surface area contributed by atoms with Crippen LogP contribution in [0.25, 0.3) is 0 Å². The zero-order valence-corrected chi connectivity index (χ0v) is 11.1. The van der Waals surface area contributed by atoms with E-state index in [-0.39, 0.29) is 25.4 Å². The van der Waals surface area contributed by atoms with Crippen LogP contribution in [0.5, 0.6) is 0 Å². The maximum absolute atomic E-state index is 12.4. The molecule has 1 aromatic carbocycles. The minimum Gasteiger partial charge on any atom is -0.395 e. The van der Waals surface area contributed by atoms with Gasteiger partial charge in [-0.25, -0.2) is 8.78 Å². The minimum absolute atomic E-state index is 0.0892. The number of aliphatic hydroxyl groups is 1. The molecule has 8 heteroatoms. The topological polar surface area (TPSA) is 78.6 Å². The van der Waals surface area contributed by atoms with Gasteiger partial charge in [0, 0.05) is 26.2 Å². The molecule has 0 atom stereocenters. The summed E-state index contributed by atoms with van der Waals surface area (Å²) in [5.41, 5.74) is 0.803. The van der Waals surface area contributed by atoms with Crippen LogP contribution in [0.15, 0.2) is 18.2 Å². The Hall–Kier alpha value is -1.80. The summed E-state index contributed by atoms with van der Waals surface area (Å²) < 4.78 is 24.8. The van der Waals surface area contributed by atoms with Crippen molar-refractivity contribution in [2.75, 3.05) is 32.1 Å². The lowest BCUT2D eigenvalue weighted by atomic mass is 10.1. The Kier molecular flexibility index (Phi) is 6.26. The fourth-order valence-electron chi connectivity index (χ4n) is 1.87. The number of nitrogens with zero attached hydrogens (tertiary/aromatic N) is 2. The first-order valence-corrected chi connectivity index (χ1v) is 6.04. The van der Waals surface area contributed by atoms with Crippen LogP contribution in [0, 0.1) is 10.1 Å². The van der Waals surface area contributed by atoms with Crippen molar-refractivity contribution in [1.29, 1.82) is 0 Å². The summed E-state index contributed by atoms with van der Waals surface area (Å²) in [7, 11) is 1.57. The van der Waals surface area contributed by atoms with E-state index in [1.807, 2.05) is 0 Å². The summed E-state index contributed by atoms with van der Waals surface area (Å²) >= 11 is 0. The largest absolute Gasteiger partial charge is 0.395 e. The Labute approximate surface area is 115 Å². The minimum atomic E-state index is -2.52. The second kappa shape index (κ2) is 7.71. The predicted molar refractivity (Wildman–Crippen MR) is 71.0 cm³/mol. The van der Waals surface area contributed by atoms with Crippen LogP contribution in [-0.2, 0) is 6.54 Å². The number of rotatable bonds is 8. The number of alkyl halides is 2. The second-order valence-corrected chi connectivity index (χ2v) is 4.21. The fraction of sp³-hybridized carbons (Fsp3) is 0.500. The highest BCUT2D eigenvalue weighted by molar-refractivity contribution is 5.62. The van der Waals surface area contributed by atoms with Gasteiger partial charge in [0.15, 0.2) is 0 Å². The van der Waals surface area contributed by atoms with E-state index in [1.165, 1.54) is 17.0 Å². The third-order valence-corrected chi connectivity index (χ3v) is 2.75. The molecular formula is C12H17F2N3O3. The van der Waals surface area contributed by atoms with Crippen molar-refractivity contribution in [2.45, 2.75) is 13.0 Å². The maximum atomic E-state index is 12.4. The molecule has 0 fully saturated rings. The molecule has 20 heavy (non-hydrogen) atoms. The third kappa shape index (κ3) is 4.71. The Bertz CT molecular complexity index is 458. The molecule has 0 radical (unpaired) electrons. The van der Waals surface area contributed by atoms with E-state index < -0.39 is 17.9 Å². The number of benzene rings is 1. The average molecular weight is 289 g/mol. The quantitative estimate of drug-likeness (QED) is 0.562. The van der Waals surface area contributed by atoms with Gasteiger partial charge < -0.3 is 10.4 Å². The van der Waals surface area contributed by atoms with E-state index >= 15 is 0 Å². The molecule has 1 aromatic rings. The van der Waals surface area contributed by atoms with E-state index in [2.05, 4.69) is 5.32 Å². The van der Waals surface area contributed by atoms with Crippen LogP contribution < -0.4 is 5.32 Å². The molecule has 0 spiro atoms. The molecule has 112 valence electrons. The van der Waals surface area contributed by atoms with Gasteiger partial charge in [-0.05, 0) is 11.6 Å². The van der Waals surface area contributed by atoms with Gasteiger partial charge in [0.25, 0.3) is 12.1 Å². The third-order valence-electron chi connectivity index (χ3n) is 2.75. The molecule has 0 aliphatic rings. The van der Waals surface area contributed by atoms with Crippen molar-refractivity contribution < 1.29 is 18.8 Å². The predicted octanol–water partition coefficient (Wildman–Crippen LogP) is 1.70. The van der Waals surface area contributed by atoms with Gasteiger partial charge in [-0.1, -0.05) is 6.07 Å². The fourth-order valence-corrected chi connectivity index (χ4v) is 1.87. The van der Waals surface area contributed by atoms with Crippen LogP contribution in [0.4, 0.5) is 20.2 Å². The van der Waals surface area contributed by atoms with Gasteiger partial charge in [-0.15, -0.1) is 0 Å². The number of aliphatic hydroxyl groups excluding tert-OH is 1. The van der Waals surface area contributed by atoms with Gasteiger partial charge >= 0.3 is 0 Å². The Morgan fingerprint density at radius 3 is 2.70 bits per heavy atom. The van der Waals surface area contributed by atoms with Gasteiger partial charge in [-0.2, -0.15) is 0 Å². The highest BCUT2D eigenvalue weighted by atomic mass is 19.3. The summed E-state index contributed by atoms with van der Waals surface area (Å²) in [4.78, 5) is 11.7. The summed E-state index contributed by atoms with van der Waals surface area (Å²) in [5, 5.41) is 22.5. The number of nitrogens with one attached hydrogen (secondary N) is 1. The monoisotopic (exact) mass is 289 g/mol. The van der Waals surface area contributed by atoms with Gasteiger partial charge in [-0.3, -0.25) is 15.0 Å². The zero-order chi connectivity index (χ0) is 15.1. The van der Waals surface area contributed by atoms with Crippen molar-refractivity contribution in [2.24, 2.45) is 0 Å². The molecule has 0 heterocycles. The zero-order valence-electron chi connectivity index (χ0n) is 11.1. The van der Waals surface area contributed by atoms with Crippen molar-refractivity contribution in [3.8, 4) is 0 Å². The molecule has 0 saturated heterocycles. The van der Waals surface area contributed by atoms with Crippen LogP contribution >= 0.6 is 0 Å². The standard InChI is InChI=1S/C12H17F2N3O3/c1-15-10-3-2-9(6-11(10)17(19)20)7-16(4-5-18)8-12(13)14/h2-3,6,12,15,18H,4-5,7-8H2,1H3. The molecule has 0 unspecified atom stereocenters. The summed E-state index contributed by atoms with van der Waals surface area (Å²) in [6.45, 7) is -0.521. The SMILES string of the molecule is CNc1ccc(CN(CCO)CC(F)F)cc1[N+](=O)[O-]. The van der Waals surface area contributed by atoms with Gasteiger partial charge in [0.1, 0.15) is 5.69 Å². The second-order valence-electron chi connectivity index (χ2n) is 4.21. The first kappa shape index (κ1) is 16.3. The van der Waals surface area contributed by atoms with Crippen molar-refractivity contribution >= 4 is 11.4 Å². The summed E-state index contributed by atoms with van der Waals surface area (Å²) in [6, 6.07) is 4.52. The molecule has 0 amide bonds. The molecule has 1 rings (SSSR count). The van der Waals surface area contributed by atoms with Crippen LogP contribution in [-0.4, -0.2) is 48.1 Å². The highest BCUT2D eigenvalue weighted by Gasteiger charge is 2.16. The lowest BCUT2D eigenvalue weighted by Crippen LogP contribution is -2.31. The molecule has 2 N–H and O–H groups in total. The molecule has 6 nitrogen and oxygen atoms in total. The van der Waals surface area contributed by atoms with Crippen LogP contribution in [0.2, 0.25) is 0 Å². The smallest absolute Gasteiger partial charge is 0.292 e. The van der Waals surface area contributed by atoms with Crippen molar-refractivity contribution in [1.82, 2.24) is 4.90 Å². The van der Waals surface area contributed by atoms with E-state index in [1.54, 1.807) is 13.1 Å². The first-order valence-electron chi connectivity index (χ1n) is 6.04. The molecule has 0 saturated carbocycles. The summed E-state index contributed by atoms with van der Waals surface area (Å²) in [5.74, 6) is 0. The number of nitro groups is 1. The van der Waals surface area contributed by atoms with Gasteiger partial charge in [0.05, 0.1) is 18.1 Å². The Balaban J connectivity index is 2.89. The van der Waals surface area contributed by atoms with Crippen molar-refractivity contribution in [3.05, 3.63) is 33.9 Å². The Morgan fingerprint density at radius 2 is 2.20 bits per heavy atom. The molecular weight excluding hydrogens is 272 g/mol. The number of hydrogen-bond donors (Lipinski definition) is 2. The average Bonchev–Trinajstić information content (AvgIpc) is 2.38. The van der Waals surface area contributed by atoms with Crippen molar-refractivity contribution in [3.63, 3.8) is 0 Å². The van der Waals surface area contributed by atoms with Crippen LogP contribution in [0.1, 0.15) is 5.56 Å². The number of hydrogen-bond acceptors (Lipinski definition) is 5. The molecule has 0 aliphatic carbocycles. The Morgan fingerprint density at radius 1 is 1.50 bits per heavy atom. The van der Waals surface area contributed by atoms with E-state index in [0.29, 0.717) is 11.3 Å². The molecule has 0 aliphatic heterocycles. The molecule has 0 aromatic heterocycles. The summed E-state index contributed by atoms with van der Waals surface area (Å²) in [6.07, 6.45) is -2.52. The first-order chi connectivity index (χ1) is 9.47. The number of halogens is 2. The van der Waals surface area contributed by atoms with E-state index in [4.69, 9.17) is 5.11 Å². The lowest BCUT2D eigenvalue weighted by Gasteiger charge is -2.20. The lowest BCUT2D eigenvalue weighted by molar-refractivity contribution is -0.384. The molecule has 0 bridgehead atoms. The number of anilines is 1. The normalized spacial score (nSPS) is 11.1. The van der Waals surface area contributed by atoms with Gasteiger partial charge in [0.2, 0.25) is 0 Å². The highest BCUT2D eigenvalue weighted by Crippen LogP contribution is 2.25.